The zero-order chi connectivity index (χ0) is 11.4. The molecule has 1 saturated heterocycles. The summed E-state index contributed by atoms with van der Waals surface area (Å²) in [6.07, 6.45) is 2.40. The third-order valence-corrected chi connectivity index (χ3v) is 3.58. The first kappa shape index (κ1) is 11.5. The lowest BCUT2D eigenvalue weighted by molar-refractivity contribution is 0.0940. The van der Waals surface area contributed by atoms with Gasteiger partial charge in [-0.25, -0.2) is 4.98 Å². The van der Waals surface area contributed by atoms with Crippen molar-refractivity contribution in [2.45, 2.75) is 19.8 Å². The molecule has 0 saturated carbocycles. The molecule has 88 valence electrons. The van der Waals surface area contributed by atoms with Crippen LogP contribution in [0.3, 0.4) is 0 Å². The molecule has 0 radical (unpaired) electrons. The lowest BCUT2D eigenvalue weighted by Crippen LogP contribution is -2.38. The van der Waals surface area contributed by atoms with Crippen molar-refractivity contribution in [3.05, 3.63) is 16.1 Å². The van der Waals surface area contributed by atoms with E-state index >= 15 is 0 Å². The van der Waals surface area contributed by atoms with E-state index in [4.69, 9.17) is 0 Å². The Morgan fingerprint density at radius 2 is 2.62 bits per heavy atom. The maximum absolute atomic E-state index is 11.7. The minimum absolute atomic E-state index is 0.0464. The van der Waals surface area contributed by atoms with Crippen LogP contribution in [0.5, 0.6) is 0 Å². The fourth-order valence-corrected chi connectivity index (χ4v) is 2.49. The number of carbonyl (C=O) groups is 1. The van der Waals surface area contributed by atoms with Gasteiger partial charge in [-0.1, -0.05) is 0 Å². The second kappa shape index (κ2) is 5.41. The molecule has 5 heteroatoms. The van der Waals surface area contributed by atoms with Crippen molar-refractivity contribution in [1.82, 2.24) is 15.6 Å². The second-order valence-electron chi connectivity index (χ2n) is 4.17. The summed E-state index contributed by atoms with van der Waals surface area (Å²) in [4.78, 5) is 15.9. The molecule has 0 aliphatic carbocycles. The minimum atomic E-state index is -0.0464. The monoisotopic (exact) mass is 239 g/mol. The Bertz CT molecular complexity index is 358. The van der Waals surface area contributed by atoms with Crippen molar-refractivity contribution in [2.75, 3.05) is 19.6 Å². The van der Waals surface area contributed by atoms with Crippen LogP contribution >= 0.6 is 11.3 Å². The molecule has 1 aliphatic heterocycles. The molecule has 1 amide bonds. The molecule has 2 heterocycles. The Labute approximate surface area is 99.5 Å². The van der Waals surface area contributed by atoms with Gasteiger partial charge < -0.3 is 10.6 Å². The van der Waals surface area contributed by atoms with Crippen LogP contribution in [-0.2, 0) is 0 Å². The number of carbonyl (C=O) groups excluding carboxylic acids is 1. The maximum Gasteiger partial charge on any atom is 0.270 e. The quantitative estimate of drug-likeness (QED) is 0.833. The molecule has 1 aromatic heterocycles. The highest BCUT2D eigenvalue weighted by Gasteiger charge is 2.15. The van der Waals surface area contributed by atoms with Gasteiger partial charge in [0.1, 0.15) is 5.69 Å². The number of nitrogens with zero attached hydrogens (tertiary/aromatic N) is 1. The summed E-state index contributed by atoms with van der Waals surface area (Å²) in [7, 11) is 0. The molecule has 4 nitrogen and oxygen atoms in total. The van der Waals surface area contributed by atoms with E-state index in [2.05, 4.69) is 15.6 Å². The van der Waals surface area contributed by atoms with E-state index in [1.54, 1.807) is 0 Å². The van der Waals surface area contributed by atoms with E-state index in [-0.39, 0.29) is 5.91 Å². The molecule has 16 heavy (non-hydrogen) atoms. The van der Waals surface area contributed by atoms with E-state index < -0.39 is 0 Å². The third kappa shape index (κ3) is 3.02. The maximum atomic E-state index is 11.7. The smallest absolute Gasteiger partial charge is 0.270 e. The van der Waals surface area contributed by atoms with Crippen LogP contribution in [0.15, 0.2) is 5.38 Å². The summed E-state index contributed by atoms with van der Waals surface area (Å²) in [6.45, 7) is 4.78. The third-order valence-electron chi connectivity index (χ3n) is 2.80. The average molecular weight is 239 g/mol. The zero-order valence-corrected chi connectivity index (χ0v) is 10.3. The number of piperidine rings is 1. The van der Waals surface area contributed by atoms with Gasteiger partial charge in [-0.3, -0.25) is 4.79 Å². The first-order valence-electron chi connectivity index (χ1n) is 5.67. The van der Waals surface area contributed by atoms with Crippen LogP contribution in [0.1, 0.15) is 28.3 Å². The van der Waals surface area contributed by atoms with Gasteiger partial charge in [-0.15, -0.1) is 11.3 Å². The molecule has 1 aromatic rings. The Balaban J connectivity index is 1.79. The Hall–Kier alpha value is -0.940. The Kier molecular flexibility index (Phi) is 3.90. The lowest BCUT2D eigenvalue weighted by Gasteiger charge is -2.22. The summed E-state index contributed by atoms with van der Waals surface area (Å²) >= 11 is 1.51. The summed E-state index contributed by atoms with van der Waals surface area (Å²) in [5, 5.41) is 9.03. The summed E-state index contributed by atoms with van der Waals surface area (Å²) in [5.74, 6) is 0.521. The molecular weight excluding hydrogens is 222 g/mol. The number of rotatable bonds is 3. The molecule has 0 spiro atoms. The first-order valence-corrected chi connectivity index (χ1v) is 6.54. The molecule has 0 bridgehead atoms. The van der Waals surface area contributed by atoms with Crippen molar-refractivity contribution < 1.29 is 4.79 Å². The number of hydrogen-bond acceptors (Lipinski definition) is 4. The van der Waals surface area contributed by atoms with Crippen molar-refractivity contribution in [1.29, 1.82) is 0 Å². The van der Waals surface area contributed by atoms with Crippen molar-refractivity contribution in [2.24, 2.45) is 5.92 Å². The topological polar surface area (TPSA) is 54.0 Å². The highest BCUT2D eigenvalue weighted by atomic mass is 32.1. The van der Waals surface area contributed by atoms with E-state index in [1.807, 2.05) is 12.3 Å². The molecular formula is C11H17N3OS. The van der Waals surface area contributed by atoms with Crippen molar-refractivity contribution in [3.63, 3.8) is 0 Å². The highest BCUT2D eigenvalue weighted by Crippen LogP contribution is 2.10. The summed E-state index contributed by atoms with van der Waals surface area (Å²) in [5.41, 5.74) is 0.547. The molecule has 1 fully saturated rings. The molecule has 0 aromatic carbocycles. The predicted molar refractivity (Wildman–Crippen MR) is 64.8 cm³/mol. The largest absolute Gasteiger partial charge is 0.350 e. The molecule has 1 unspecified atom stereocenters. The van der Waals surface area contributed by atoms with Crippen LogP contribution in [0, 0.1) is 12.8 Å². The minimum Gasteiger partial charge on any atom is -0.350 e. The Morgan fingerprint density at radius 3 is 3.25 bits per heavy atom. The fraction of sp³-hybridized carbons (Fsp3) is 0.636. The van der Waals surface area contributed by atoms with Crippen molar-refractivity contribution >= 4 is 17.2 Å². The summed E-state index contributed by atoms with van der Waals surface area (Å²) < 4.78 is 0. The first-order chi connectivity index (χ1) is 7.75. The van der Waals surface area contributed by atoms with Gasteiger partial charge in [0.25, 0.3) is 5.91 Å². The van der Waals surface area contributed by atoms with E-state index in [9.17, 15) is 4.79 Å². The number of amides is 1. The number of aromatic nitrogens is 1. The lowest BCUT2D eigenvalue weighted by atomic mass is 10.00. The normalized spacial score (nSPS) is 20.7. The Morgan fingerprint density at radius 1 is 1.75 bits per heavy atom. The number of hydrogen-bond donors (Lipinski definition) is 2. The van der Waals surface area contributed by atoms with Crippen LogP contribution in [0.4, 0.5) is 0 Å². The average Bonchev–Trinajstić information content (AvgIpc) is 2.74. The van der Waals surface area contributed by atoms with Gasteiger partial charge in [0.05, 0.1) is 5.01 Å². The van der Waals surface area contributed by atoms with E-state index in [1.165, 1.54) is 24.2 Å². The van der Waals surface area contributed by atoms with Crippen LogP contribution in [0.2, 0.25) is 0 Å². The molecule has 2 rings (SSSR count). The summed E-state index contributed by atoms with van der Waals surface area (Å²) in [6, 6.07) is 0. The van der Waals surface area contributed by atoms with Gasteiger partial charge in [0.15, 0.2) is 0 Å². The fourth-order valence-electron chi connectivity index (χ4n) is 1.89. The van der Waals surface area contributed by atoms with Gasteiger partial charge in [-0.05, 0) is 38.8 Å². The highest BCUT2D eigenvalue weighted by molar-refractivity contribution is 7.09. The van der Waals surface area contributed by atoms with Crippen LogP contribution < -0.4 is 10.6 Å². The van der Waals surface area contributed by atoms with E-state index in [0.29, 0.717) is 11.6 Å². The number of nitrogens with one attached hydrogen (secondary N) is 2. The number of aryl methyl sites for hydroxylation is 1. The number of thiazole rings is 1. The van der Waals surface area contributed by atoms with Gasteiger partial charge in [0, 0.05) is 11.9 Å². The van der Waals surface area contributed by atoms with Crippen LogP contribution in [-0.4, -0.2) is 30.5 Å². The SMILES string of the molecule is Cc1nc(C(=O)NCC2CCCNC2)cs1. The predicted octanol–water partition coefficient (Wildman–Crippen LogP) is 1.18. The van der Waals surface area contributed by atoms with E-state index in [0.717, 1.165) is 24.6 Å². The standard InChI is InChI=1S/C11H17N3OS/c1-8-14-10(7-16-8)11(15)13-6-9-3-2-4-12-5-9/h7,9,12H,2-6H2,1H3,(H,13,15). The van der Waals surface area contributed by atoms with Crippen LogP contribution in [0.25, 0.3) is 0 Å². The second-order valence-corrected chi connectivity index (χ2v) is 5.24. The van der Waals surface area contributed by atoms with Gasteiger partial charge >= 0.3 is 0 Å². The van der Waals surface area contributed by atoms with Crippen molar-refractivity contribution in [3.8, 4) is 0 Å². The zero-order valence-electron chi connectivity index (χ0n) is 9.45. The molecule has 1 aliphatic rings. The molecule has 1 atom stereocenters. The van der Waals surface area contributed by atoms with Gasteiger partial charge in [-0.2, -0.15) is 0 Å². The molecule has 2 N–H and O–H groups in total. The van der Waals surface area contributed by atoms with Gasteiger partial charge in [0.2, 0.25) is 0 Å².